The SMILES string of the molecule is C/C=C/c1ccc([C@H]2[C@@H](CO)N(C(=O)CC)[C@@H]2CNC(=O)C2CC2)cc1. The maximum atomic E-state index is 12.4. The van der Waals surface area contributed by atoms with Gasteiger partial charge in [-0.15, -0.1) is 0 Å². The fourth-order valence-electron chi connectivity index (χ4n) is 3.89. The Kier molecular flexibility index (Phi) is 5.77. The quantitative estimate of drug-likeness (QED) is 0.788. The van der Waals surface area contributed by atoms with Crippen molar-refractivity contribution < 1.29 is 14.7 Å². The van der Waals surface area contributed by atoms with E-state index >= 15 is 0 Å². The highest BCUT2D eigenvalue weighted by atomic mass is 16.3. The van der Waals surface area contributed by atoms with Gasteiger partial charge in [-0.05, 0) is 30.9 Å². The Morgan fingerprint density at radius 2 is 1.92 bits per heavy atom. The maximum Gasteiger partial charge on any atom is 0.223 e. The molecule has 0 spiro atoms. The average Bonchev–Trinajstić information content (AvgIpc) is 3.47. The molecule has 1 heterocycles. The van der Waals surface area contributed by atoms with Crippen LogP contribution in [0.25, 0.3) is 6.08 Å². The summed E-state index contributed by atoms with van der Waals surface area (Å²) in [5.74, 6) is 0.298. The van der Waals surface area contributed by atoms with Crippen molar-refractivity contribution in [2.24, 2.45) is 5.92 Å². The first kappa shape index (κ1) is 18.6. The summed E-state index contributed by atoms with van der Waals surface area (Å²) in [4.78, 5) is 26.2. The Bertz CT molecular complexity index is 679. The van der Waals surface area contributed by atoms with Crippen LogP contribution in [0, 0.1) is 5.92 Å². The number of rotatable bonds is 7. The molecule has 26 heavy (non-hydrogen) atoms. The highest BCUT2D eigenvalue weighted by Gasteiger charge is 2.50. The van der Waals surface area contributed by atoms with Gasteiger partial charge in [0.2, 0.25) is 11.8 Å². The van der Waals surface area contributed by atoms with Crippen LogP contribution in [0.1, 0.15) is 50.2 Å². The van der Waals surface area contributed by atoms with Crippen LogP contribution in [0.5, 0.6) is 0 Å². The Hall–Kier alpha value is -2.14. The van der Waals surface area contributed by atoms with Gasteiger partial charge in [0.25, 0.3) is 0 Å². The molecule has 1 saturated carbocycles. The highest BCUT2D eigenvalue weighted by molar-refractivity contribution is 5.81. The van der Waals surface area contributed by atoms with Crippen molar-refractivity contribution >= 4 is 17.9 Å². The first-order chi connectivity index (χ1) is 12.6. The van der Waals surface area contributed by atoms with Gasteiger partial charge in [0.1, 0.15) is 0 Å². The number of hydrogen-bond acceptors (Lipinski definition) is 3. The lowest BCUT2D eigenvalue weighted by molar-refractivity contribution is -0.150. The van der Waals surface area contributed by atoms with Crippen LogP contribution in [-0.2, 0) is 9.59 Å². The number of hydrogen-bond donors (Lipinski definition) is 2. The topological polar surface area (TPSA) is 69.6 Å². The van der Waals surface area contributed by atoms with Crippen molar-refractivity contribution in [3.05, 3.63) is 41.5 Å². The first-order valence-corrected chi connectivity index (χ1v) is 9.53. The summed E-state index contributed by atoms with van der Waals surface area (Å²) < 4.78 is 0. The summed E-state index contributed by atoms with van der Waals surface area (Å²) in [5.41, 5.74) is 2.22. The average molecular weight is 356 g/mol. The number of amides is 2. The number of allylic oxidation sites excluding steroid dienone is 1. The highest BCUT2D eigenvalue weighted by Crippen LogP contribution is 2.41. The summed E-state index contributed by atoms with van der Waals surface area (Å²) in [6.07, 6.45) is 6.35. The number of aliphatic hydroxyl groups excluding tert-OH is 1. The molecule has 1 saturated heterocycles. The molecular weight excluding hydrogens is 328 g/mol. The van der Waals surface area contributed by atoms with Gasteiger partial charge in [-0.2, -0.15) is 0 Å². The van der Waals surface area contributed by atoms with Gasteiger partial charge < -0.3 is 15.3 Å². The largest absolute Gasteiger partial charge is 0.394 e. The number of benzene rings is 1. The van der Waals surface area contributed by atoms with Gasteiger partial charge in [0, 0.05) is 24.8 Å². The van der Waals surface area contributed by atoms with Crippen LogP contribution in [0.15, 0.2) is 30.3 Å². The van der Waals surface area contributed by atoms with Crippen LogP contribution in [0.2, 0.25) is 0 Å². The molecule has 0 radical (unpaired) electrons. The lowest BCUT2D eigenvalue weighted by Crippen LogP contribution is -2.68. The molecule has 2 fully saturated rings. The van der Waals surface area contributed by atoms with E-state index in [4.69, 9.17) is 0 Å². The second-order valence-corrected chi connectivity index (χ2v) is 7.18. The molecule has 0 unspecified atom stereocenters. The van der Waals surface area contributed by atoms with Crippen molar-refractivity contribution in [1.29, 1.82) is 0 Å². The molecule has 2 N–H and O–H groups in total. The molecule has 5 nitrogen and oxygen atoms in total. The molecular formula is C21H28N2O3. The standard InChI is InChI=1S/C21H28N2O3/c1-3-5-14-6-8-15(9-7-14)20-17(12-22-21(26)16-10-11-16)23(18(20)13-24)19(25)4-2/h3,5-9,16-18,20,24H,4,10-13H2,1-2H3,(H,22,26)/b5-3+/t17-,18-,20-/m1/s1. The van der Waals surface area contributed by atoms with Gasteiger partial charge in [-0.25, -0.2) is 0 Å². The van der Waals surface area contributed by atoms with E-state index in [1.807, 2.05) is 38.1 Å². The van der Waals surface area contributed by atoms with Crippen molar-refractivity contribution in [1.82, 2.24) is 10.2 Å². The Balaban J connectivity index is 1.78. The third-order valence-corrected chi connectivity index (χ3v) is 5.44. The lowest BCUT2D eigenvalue weighted by Gasteiger charge is -2.55. The maximum absolute atomic E-state index is 12.4. The van der Waals surface area contributed by atoms with E-state index in [1.165, 1.54) is 0 Å². The smallest absolute Gasteiger partial charge is 0.223 e. The van der Waals surface area contributed by atoms with E-state index in [-0.39, 0.29) is 42.3 Å². The summed E-state index contributed by atoms with van der Waals surface area (Å²) >= 11 is 0. The van der Waals surface area contributed by atoms with Gasteiger partial charge in [0.05, 0.1) is 18.7 Å². The Morgan fingerprint density at radius 3 is 2.46 bits per heavy atom. The molecule has 140 valence electrons. The second-order valence-electron chi connectivity index (χ2n) is 7.18. The van der Waals surface area contributed by atoms with Crippen molar-refractivity contribution in [3.63, 3.8) is 0 Å². The minimum Gasteiger partial charge on any atom is -0.394 e. The van der Waals surface area contributed by atoms with Crippen molar-refractivity contribution in [3.8, 4) is 0 Å². The number of carbonyl (C=O) groups is 2. The van der Waals surface area contributed by atoms with Crippen LogP contribution >= 0.6 is 0 Å². The molecule has 3 rings (SSSR count). The Labute approximate surface area is 155 Å². The zero-order valence-corrected chi connectivity index (χ0v) is 15.5. The zero-order valence-electron chi connectivity index (χ0n) is 15.5. The predicted octanol–water partition coefficient (Wildman–Crippen LogP) is 2.31. The first-order valence-electron chi connectivity index (χ1n) is 9.53. The molecule has 1 aromatic carbocycles. The normalized spacial score (nSPS) is 25.2. The fraction of sp³-hybridized carbons (Fsp3) is 0.524. The zero-order chi connectivity index (χ0) is 18.7. The predicted molar refractivity (Wildman–Crippen MR) is 101 cm³/mol. The molecule has 1 aliphatic heterocycles. The summed E-state index contributed by atoms with van der Waals surface area (Å²) in [7, 11) is 0. The lowest BCUT2D eigenvalue weighted by atomic mass is 9.74. The molecule has 1 aromatic rings. The third-order valence-electron chi connectivity index (χ3n) is 5.44. The van der Waals surface area contributed by atoms with Crippen molar-refractivity contribution in [2.45, 2.75) is 51.1 Å². The van der Waals surface area contributed by atoms with Gasteiger partial charge in [-0.3, -0.25) is 9.59 Å². The van der Waals surface area contributed by atoms with Crippen LogP contribution in [0.4, 0.5) is 0 Å². The van der Waals surface area contributed by atoms with E-state index in [0.29, 0.717) is 13.0 Å². The van der Waals surface area contributed by atoms with E-state index in [1.54, 1.807) is 4.90 Å². The third kappa shape index (κ3) is 3.68. The van der Waals surface area contributed by atoms with Gasteiger partial charge in [-0.1, -0.05) is 43.3 Å². The molecule has 3 atom stereocenters. The Morgan fingerprint density at radius 1 is 1.23 bits per heavy atom. The monoisotopic (exact) mass is 356 g/mol. The minimum absolute atomic E-state index is 0.0245. The number of aliphatic hydroxyl groups is 1. The number of nitrogens with one attached hydrogen (secondary N) is 1. The minimum atomic E-state index is -0.224. The summed E-state index contributed by atoms with van der Waals surface area (Å²) in [6.45, 7) is 4.18. The second kappa shape index (κ2) is 8.04. The molecule has 0 bridgehead atoms. The van der Waals surface area contributed by atoms with Crippen molar-refractivity contribution in [2.75, 3.05) is 13.2 Å². The number of nitrogens with zero attached hydrogens (tertiary/aromatic N) is 1. The number of carbonyl (C=O) groups excluding carboxylic acids is 2. The molecule has 2 amide bonds. The van der Waals surface area contributed by atoms with Crippen LogP contribution < -0.4 is 5.32 Å². The van der Waals surface area contributed by atoms with Crippen LogP contribution in [0.3, 0.4) is 0 Å². The van der Waals surface area contributed by atoms with Gasteiger partial charge >= 0.3 is 0 Å². The summed E-state index contributed by atoms with van der Waals surface area (Å²) in [6, 6.07) is 7.90. The molecule has 1 aliphatic carbocycles. The van der Waals surface area contributed by atoms with Gasteiger partial charge in [0.15, 0.2) is 0 Å². The molecule has 2 aliphatic rings. The number of likely N-dealkylation sites (tertiary alicyclic amines) is 1. The molecule has 0 aromatic heterocycles. The van der Waals surface area contributed by atoms with E-state index in [9.17, 15) is 14.7 Å². The van der Waals surface area contributed by atoms with E-state index < -0.39 is 0 Å². The van der Waals surface area contributed by atoms with E-state index in [0.717, 1.165) is 24.0 Å². The van der Waals surface area contributed by atoms with E-state index in [2.05, 4.69) is 17.4 Å². The fourth-order valence-corrected chi connectivity index (χ4v) is 3.89. The summed E-state index contributed by atoms with van der Waals surface area (Å²) in [5, 5.41) is 12.9. The molecule has 5 heteroatoms. The van der Waals surface area contributed by atoms with Crippen LogP contribution in [-0.4, -0.2) is 47.1 Å².